The summed E-state index contributed by atoms with van der Waals surface area (Å²) in [6.07, 6.45) is -9.37. The maximum atomic E-state index is 13.0. The lowest BCUT2D eigenvalue weighted by Gasteiger charge is -2.25. The van der Waals surface area contributed by atoms with E-state index in [-0.39, 0.29) is 12.1 Å². The Balaban J connectivity index is 1.76. The molecule has 0 heterocycles. The Bertz CT molecular complexity index is 925. The number of rotatable bonds is 3. The molecule has 0 saturated carbocycles. The van der Waals surface area contributed by atoms with E-state index in [1.165, 1.54) is 11.9 Å². The summed E-state index contributed by atoms with van der Waals surface area (Å²) in [5, 5.41) is 0. The molecule has 162 valence electrons. The predicted molar refractivity (Wildman–Crippen MR) is 99.6 cm³/mol. The molecule has 1 aliphatic rings. The average molecular weight is 496 g/mol. The number of carbonyl (C=O) groups is 1. The normalized spacial score (nSPS) is 16.3. The summed E-state index contributed by atoms with van der Waals surface area (Å²) in [7, 11) is 1.48. The van der Waals surface area contributed by atoms with E-state index in [1.807, 2.05) is 18.2 Å². The van der Waals surface area contributed by atoms with Gasteiger partial charge >= 0.3 is 18.4 Å². The number of halogens is 7. The number of alkyl halides is 6. The summed E-state index contributed by atoms with van der Waals surface area (Å²) in [5.74, 6) is 0. The molecule has 2 aromatic rings. The highest BCUT2D eigenvalue weighted by molar-refractivity contribution is 9.10. The van der Waals surface area contributed by atoms with Gasteiger partial charge in [0.05, 0.1) is 17.2 Å². The minimum Gasteiger partial charge on any atom is -0.445 e. The largest absolute Gasteiger partial charge is 0.445 e. The van der Waals surface area contributed by atoms with E-state index in [0.717, 1.165) is 22.0 Å². The quantitative estimate of drug-likeness (QED) is 0.441. The van der Waals surface area contributed by atoms with Crippen LogP contribution in [0, 0.1) is 0 Å². The van der Waals surface area contributed by atoms with Crippen molar-refractivity contribution in [2.45, 2.75) is 37.8 Å². The van der Waals surface area contributed by atoms with Crippen LogP contribution in [0.15, 0.2) is 40.9 Å². The molecule has 0 aromatic heterocycles. The van der Waals surface area contributed by atoms with Gasteiger partial charge in [0.2, 0.25) is 0 Å². The highest BCUT2D eigenvalue weighted by Crippen LogP contribution is 2.38. The molecular formula is C20H16BrF6NO2. The molecule has 1 aliphatic carbocycles. The van der Waals surface area contributed by atoms with Gasteiger partial charge in [0, 0.05) is 11.5 Å². The lowest BCUT2D eigenvalue weighted by molar-refractivity contribution is -0.143. The first-order chi connectivity index (χ1) is 13.9. The van der Waals surface area contributed by atoms with Crippen LogP contribution in [0.5, 0.6) is 0 Å². The van der Waals surface area contributed by atoms with Crippen LogP contribution in [0.2, 0.25) is 0 Å². The fourth-order valence-corrected chi connectivity index (χ4v) is 3.81. The van der Waals surface area contributed by atoms with Crippen molar-refractivity contribution in [3.8, 4) is 0 Å². The molecular weight excluding hydrogens is 480 g/mol. The number of amides is 1. The molecule has 2 aromatic carbocycles. The Morgan fingerprint density at radius 1 is 1.07 bits per heavy atom. The molecule has 0 spiro atoms. The second kappa shape index (κ2) is 8.13. The van der Waals surface area contributed by atoms with Crippen LogP contribution in [0.1, 0.15) is 40.3 Å². The van der Waals surface area contributed by atoms with Gasteiger partial charge in [-0.1, -0.05) is 22.0 Å². The topological polar surface area (TPSA) is 29.5 Å². The van der Waals surface area contributed by atoms with Crippen LogP contribution in [0.3, 0.4) is 0 Å². The van der Waals surface area contributed by atoms with Crippen LogP contribution in [0.4, 0.5) is 31.1 Å². The van der Waals surface area contributed by atoms with Crippen molar-refractivity contribution in [3.05, 3.63) is 68.7 Å². The molecule has 0 fully saturated rings. The van der Waals surface area contributed by atoms with E-state index in [4.69, 9.17) is 4.74 Å². The number of aryl methyl sites for hydroxylation is 1. The number of ether oxygens (including phenoxy) is 1. The van der Waals surface area contributed by atoms with Crippen molar-refractivity contribution in [3.63, 3.8) is 0 Å². The molecule has 0 radical (unpaired) electrons. The van der Waals surface area contributed by atoms with Gasteiger partial charge in [0.15, 0.2) is 0 Å². The Morgan fingerprint density at radius 2 is 1.67 bits per heavy atom. The van der Waals surface area contributed by atoms with Gasteiger partial charge in [-0.3, -0.25) is 0 Å². The lowest BCUT2D eigenvalue weighted by atomic mass is 10.1. The summed E-state index contributed by atoms with van der Waals surface area (Å²) in [5.41, 5.74) is -1.32. The third-order valence-electron chi connectivity index (χ3n) is 4.92. The van der Waals surface area contributed by atoms with Crippen molar-refractivity contribution >= 4 is 22.0 Å². The molecule has 10 heteroatoms. The van der Waals surface area contributed by atoms with Crippen LogP contribution in [0.25, 0.3) is 0 Å². The third kappa shape index (κ3) is 4.91. The number of carbonyl (C=O) groups excluding carboxylic acids is 1. The lowest BCUT2D eigenvalue weighted by Crippen LogP contribution is -2.30. The Kier molecular flexibility index (Phi) is 6.08. The van der Waals surface area contributed by atoms with E-state index in [9.17, 15) is 31.1 Å². The minimum atomic E-state index is -4.96. The maximum Gasteiger partial charge on any atom is 0.416 e. The van der Waals surface area contributed by atoms with Gasteiger partial charge in [0.25, 0.3) is 0 Å². The fourth-order valence-electron chi connectivity index (χ4n) is 3.43. The number of fused-ring (bicyclic) bond motifs is 1. The molecule has 0 aliphatic heterocycles. The first-order valence-electron chi connectivity index (χ1n) is 8.82. The summed E-state index contributed by atoms with van der Waals surface area (Å²) in [6, 6.07) is 6.52. The highest BCUT2D eigenvalue weighted by Gasteiger charge is 2.37. The zero-order valence-corrected chi connectivity index (χ0v) is 17.2. The molecule has 3 rings (SSSR count). The Labute approximate surface area is 176 Å². The Morgan fingerprint density at radius 3 is 2.23 bits per heavy atom. The molecule has 0 saturated heterocycles. The predicted octanol–water partition coefficient (Wildman–Crippen LogP) is 6.74. The van der Waals surface area contributed by atoms with Gasteiger partial charge in [0.1, 0.15) is 6.61 Å². The van der Waals surface area contributed by atoms with E-state index in [0.29, 0.717) is 18.6 Å². The number of benzene rings is 2. The van der Waals surface area contributed by atoms with E-state index in [1.54, 1.807) is 0 Å². The van der Waals surface area contributed by atoms with Crippen molar-refractivity contribution in [2.75, 3.05) is 7.05 Å². The van der Waals surface area contributed by atoms with Gasteiger partial charge < -0.3 is 9.64 Å². The first kappa shape index (κ1) is 22.5. The van der Waals surface area contributed by atoms with Crippen LogP contribution < -0.4 is 0 Å². The van der Waals surface area contributed by atoms with Gasteiger partial charge in [-0.05, 0) is 59.9 Å². The van der Waals surface area contributed by atoms with Gasteiger partial charge in [-0.15, -0.1) is 0 Å². The molecule has 1 unspecified atom stereocenters. The van der Waals surface area contributed by atoms with Crippen LogP contribution in [-0.2, 0) is 30.1 Å². The van der Waals surface area contributed by atoms with Crippen LogP contribution >= 0.6 is 15.9 Å². The summed E-state index contributed by atoms with van der Waals surface area (Å²) < 4.78 is 83.6. The minimum absolute atomic E-state index is 0.0325. The summed E-state index contributed by atoms with van der Waals surface area (Å²) in [6.45, 7) is -0.714. The van der Waals surface area contributed by atoms with Gasteiger partial charge in [-0.25, -0.2) is 4.79 Å². The van der Waals surface area contributed by atoms with Crippen molar-refractivity contribution < 1.29 is 35.9 Å². The maximum absolute atomic E-state index is 13.0. The number of hydrogen-bond acceptors (Lipinski definition) is 2. The van der Waals surface area contributed by atoms with Crippen LogP contribution in [-0.4, -0.2) is 18.0 Å². The molecule has 1 amide bonds. The zero-order chi connectivity index (χ0) is 22.3. The number of hydrogen-bond donors (Lipinski definition) is 0. The van der Waals surface area contributed by atoms with Gasteiger partial charge in [-0.2, -0.15) is 26.3 Å². The molecule has 30 heavy (non-hydrogen) atoms. The smallest absolute Gasteiger partial charge is 0.416 e. The fraction of sp³-hybridized carbons (Fsp3) is 0.350. The molecule has 0 bridgehead atoms. The van der Waals surface area contributed by atoms with Crippen molar-refractivity contribution in [1.29, 1.82) is 0 Å². The summed E-state index contributed by atoms with van der Waals surface area (Å²) in [4.78, 5) is 13.7. The molecule has 3 nitrogen and oxygen atoms in total. The van der Waals surface area contributed by atoms with Crippen molar-refractivity contribution in [2.24, 2.45) is 0 Å². The van der Waals surface area contributed by atoms with E-state index in [2.05, 4.69) is 15.9 Å². The monoisotopic (exact) mass is 495 g/mol. The molecule has 1 atom stereocenters. The second-order valence-electron chi connectivity index (χ2n) is 6.98. The molecule has 0 N–H and O–H groups in total. The zero-order valence-electron chi connectivity index (χ0n) is 15.6. The Hall–Kier alpha value is -2.23. The van der Waals surface area contributed by atoms with E-state index < -0.39 is 41.7 Å². The SMILES string of the molecule is CN(C(=O)OCc1cc(C(F)(F)F)cc(C(F)(F)F)c1)C1CCc2ccc(Br)cc21. The second-order valence-corrected chi connectivity index (χ2v) is 7.89. The first-order valence-corrected chi connectivity index (χ1v) is 9.62. The summed E-state index contributed by atoms with van der Waals surface area (Å²) >= 11 is 3.37. The number of nitrogens with zero attached hydrogens (tertiary/aromatic N) is 1. The third-order valence-corrected chi connectivity index (χ3v) is 5.41. The standard InChI is InChI=1S/C20H16BrF6NO2/c1-28(17-5-3-12-2-4-15(21)9-16(12)17)18(29)30-10-11-6-13(19(22,23)24)8-14(7-11)20(25,26)27/h2,4,6-9,17H,3,5,10H2,1H3. The average Bonchev–Trinajstić information content (AvgIpc) is 3.06. The van der Waals surface area contributed by atoms with E-state index >= 15 is 0 Å². The van der Waals surface area contributed by atoms with Crippen molar-refractivity contribution in [1.82, 2.24) is 4.90 Å². The highest BCUT2D eigenvalue weighted by atomic mass is 79.9.